The third-order valence-electron chi connectivity index (χ3n) is 2.07. The van der Waals surface area contributed by atoms with Crippen molar-refractivity contribution in [1.29, 1.82) is 0 Å². The molecular formula is C10H17N3O2S. The van der Waals surface area contributed by atoms with Gasteiger partial charge in [-0.3, -0.25) is 4.98 Å². The molecule has 90 valence electrons. The monoisotopic (exact) mass is 243 g/mol. The molecule has 0 aliphatic heterocycles. The number of hydrogen-bond donors (Lipinski definition) is 1. The van der Waals surface area contributed by atoms with Gasteiger partial charge in [-0.1, -0.05) is 6.07 Å². The minimum atomic E-state index is -3.36. The van der Waals surface area contributed by atoms with Gasteiger partial charge in [-0.2, -0.15) is 17.4 Å². The van der Waals surface area contributed by atoms with E-state index in [0.717, 1.165) is 10.00 Å². The summed E-state index contributed by atoms with van der Waals surface area (Å²) in [5, 5.41) is 0. The molecule has 0 spiro atoms. The van der Waals surface area contributed by atoms with E-state index in [1.165, 1.54) is 14.1 Å². The molecule has 0 saturated heterocycles. The zero-order chi connectivity index (χ0) is 12.2. The van der Waals surface area contributed by atoms with Crippen molar-refractivity contribution in [3.05, 3.63) is 30.1 Å². The maximum absolute atomic E-state index is 11.5. The SMILES string of the molecule is CC(Cc1ccccn1)NS(=O)(=O)N(C)C. The molecular weight excluding hydrogens is 226 g/mol. The predicted molar refractivity (Wildman–Crippen MR) is 63.1 cm³/mol. The number of hydrogen-bond acceptors (Lipinski definition) is 3. The average Bonchev–Trinajstić information content (AvgIpc) is 2.17. The van der Waals surface area contributed by atoms with Crippen LogP contribution in [-0.4, -0.2) is 37.8 Å². The van der Waals surface area contributed by atoms with Crippen molar-refractivity contribution in [3.63, 3.8) is 0 Å². The molecule has 1 N–H and O–H groups in total. The molecule has 5 nitrogen and oxygen atoms in total. The Hall–Kier alpha value is -0.980. The van der Waals surface area contributed by atoms with Crippen LogP contribution in [-0.2, 0) is 16.6 Å². The van der Waals surface area contributed by atoms with Gasteiger partial charge in [0.1, 0.15) is 0 Å². The van der Waals surface area contributed by atoms with Crippen LogP contribution in [0.25, 0.3) is 0 Å². The summed E-state index contributed by atoms with van der Waals surface area (Å²) in [7, 11) is -0.370. The maximum atomic E-state index is 11.5. The highest BCUT2D eigenvalue weighted by molar-refractivity contribution is 7.87. The number of aromatic nitrogens is 1. The lowest BCUT2D eigenvalue weighted by Crippen LogP contribution is -2.41. The molecule has 1 atom stereocenters. The lowest BCUT2D eigenvalue weighted by atomic mass is 10.2. The Morgan fingerprint density at radius 3 is 2.62 bits per heavy atom. The Morgan fingerprint density at radius 1 is 1.44 bits per heavy atom. The van der Waals surface area contributed by atoms with Gasteiger partial charge in [-0.25, -0.2) is 0 Å². The van der Waals surface area contributed by atoms with E-state index < -0.39 is 10.2 Å². The minimum absolute atomic E-state index is 0.178. The summed E-state index contributed by atoms with van der Waals surface area (Å²) in [5.41, 5.74) is 0.872. The van der Waals surface area contributed by atoms with E-state index in [-0.39, 0.29) is 6.04 Å². The van der Waals surface area contributed by atoms with Gasteiger partial charge in [-0.15, -0.1) is 0 Å². The summed E-state index contributed by atoms with van der Waals surface area (Å²) in [6, 6.07) is 5.41. The van der Waals surface area contributed by atoms with Crippen molar-refractivity contribution in [1.82, 2.24) is 14.0 Å². The average molecular weight is 243 g/mol. The maximum Gasteiger partial charge on any atom is 0.279 e. The van der Waals surface area contributed by atoms with Crippen LogP contribution in [0.1, 0.15) is 12.6 Å². The lowest BCUT2D eigenvalue weighted by Gasteiger charge is -2.17. The topological polar surface area (TPSA) is 62.3 Å². The van der Waals surface area contributed by atoms with Crippen LogP contribution < -0.4 is 4.72 Å². The fraction of sp³-hybridized carbons (Fsp3) is 0.500. The second-order valence-corrected chi connectivity index (χ2v) is 5.75. The summed E-state index contributed by atoms with van der Waals surface area (Å²) >= 11 is 0. The van der Waals surface area contributed by atoms with Crippen molar-refractivity contribution < 1.29 is 8.42 Å². The molecule has 1 unspecified atom stereocenters. The molecule has 0 saturated carbocycles. The molecule has 1 heterocycles. The Labute approximate surface area is 96.7 Å². The molecule has 0 aliphatic rings. The molecule has 16 heavy (non-hydrogen) atoms. The minimum Gasteiger partial charge on any atom is -0.261 e. The van der Waals surface area contributed by atoms with Crippen molar-refractivity contribution in [2.24, 2.45) is 0 Å². The molecule has 6 heteroatoms. The van der Waals surface area contributed by atoms with E-state index in [0.29, 0.717) is 6.42 Å². The first-order valence-electron chi connectivity index (χ1n) is 5.01. The van der Waals surface area contributed by atoms with Crippen LogP contribution >= 0.6 is 0 Å². The van der Waals surface area contributed by atoms with Crippen LogP contribution in [0.5, 0.6) is 0 Å². The Balaban J connectivity index is 2.58. The van der Waals surface area contributed by atoms with Crippen molar-refractivity contribution in [2.75, 3.05) is 14.1 Å². The van der Waals surface area contributed by atoms with E-state index in [2.05, 4.69) is 9.71 Å². The van der Waals surface area contributed by atoms with Crippen LogP contribution in [0.2, 0.25) is 0 Å². The third-order valence-corrected chi connectivity index (χ3v) is 3.73. The highest BCUT2D eigenvalue weighted by Crippen LogP contribution is 2.01. The van der Waals surface area contributed by atoms with Gasteiger partial charge in [0.15, 0.2) is 0 Å². The number of pyridine rings is 1. The normalized spacial score (nSPS) is 14.0. The Morgan fingerprint density at radius 2 is 2.12 bits per heavy atom. The first-order chi connectivity index (χ1) is 7.42. The first kappa shape index (κ1) is 13.1. The van der Waals surface area contributed by atoms with Crippen molar-refractivity contribution in [2.45, 2.75) is 19.4 Å². The number of nitrogens with one attached hydrogen (secondary N) is 1. The Kier molecular flexibility index (Phi) is 4.40. The van der Waals surface area contributed by atoms with E-state index in [1.54, 1.807) is 6.20 Å². The molecule has 0 radical (unpaired) electrons. The standard InChI is InChI=1S/C10H17N3O2S/c1-9(12-16(14,15)13(2)3)8-10-6-4-5-7-11-10/h4-7,9,12H,8H2,1-3H3. The molecule has 0 aromatic carbocycles. The first-order valence-corrected chi connectivity index (χ1v) is 6.45. The largest absolute Gasteiger partial charge is 0.279 e. The molecule has 1 aromatic heterocycles. The molecule has 0 amide bonds. The van der Waals surface area contributed by atoms with Gasteiger partial charge < -0.3 is 0 Å². The van der Waals surface area contributed by atoms with Gasteiger partial charge in [0.05, 0.1) is 0 Å². The fourth-order valence-corrected chi connectivity index (χ4v) is 2.04. The molecule has 0 fully saturated rings. The van der Waals surface area contributed by atoms with Gasteiger partial charge in [0.2, 0.25) is 0 Å². The predicted octanol–water partition coefficient (Wildman–Crippen LogP) is 0.409. The molecule has 1 aromatic rings. The molecule has 1 rings (SSSR count). The van der Waals surface area contributed by atoms with Crippen LogP contribution in [0.3, 0.4) is 0 Å². The quantitative estimate of drug-likeness (QED) is 0.814. The molecule has 0 aliphatic carbocycles. The second kappa shape index (κ2) is 5.38. The van der Waals surface area contributed by atoms with E-state index in [1.807, 2.05) is 25.1 Å². The zero-order valence-electron chi connectivity index (χ0n) is 9.71. The highest BCUT2D eigenvalue weighted by atomic mass is 32.2. The summed E-state index contributed by atoms with van der Waals surface area (Å²) in [6.45, 7) is 1.82. The smallest absolute Gasteiger partial charge is 0.261 e. The van der Waals surface area contributed by atoms with E-state index >= 15 is 0 Å². The Bertz CT molecular complexity index is 417. The van der Waals surface area contributed by atoms with Gasteiger partial charge >= 0.3 is 0 Å². The van der Waals surface area contributed by atoms with Crippen LogP contribution in [0, 0.1) is 0 Å². The van der Waals surface area contributed by atoms with Crippen molar-refractivity contribution >= 4 is 10.2 Å². The van der Waals surface area contributed by atoms with E-state index in [9.17, 15) is 8.42 Å². The summed E-state index contributed by atoms with van der Waals surface area (Å²) < 4.78 is 26.8. The summed E-state index contributed by atoms with van der Waals surface area (Å²) in [5.74, 6) is 0. The second-order valence-electron chi connectivity index (χ2n) is 3.83. The lowest BCUT2D eigenvalue weighted by molar-refractivity contribution is 0.490. The number of rotatable bonds is 5. The van der Waals surface area contributed by atoms with Gasteiger partial charge in [-0.05, 0) is 19.1 Å². The number of nitrogens with zero attached hydrogens (tertiary/aromatic N) is 2. The third kappa shape index (κ3) is 3.88. The summed E-state index contributed by atoms with van der Waals surface area (Å²) in [6.07, 6.45) is 2.27. The van der Waals surface area contributed by atoms with Crippen LogP contribution in [0.4, 0.5) is 0 Å². The van der Waals surface area contributed by atoms with Gasteiger partial charge in [0.25, 0.3) is 10.2 Å². The van der Waals surface area contributed by atoms with E-state index in [4.69, 9.17) is 0 Å². The van der Waals surface area contributed by atoms with Crippen LogP contribution in [0.15, 0.2) is 24.4 Å². The van der Waals surface area contributed by atoms with Gasteiger partial charge in [0, 0.05) is 38.4 Å². The fourth-order valence-electron chi connectivity index (χ4n) is 1.23. The zero-order valence-corrected chi connectivity index (χ0v) is 10.5. The molecule has 0 bridgehead atoms. The highest BCUT2D eigenvalue weighted by Gasteiger charge is 2.16. The summed E-state index contributed by atoms with van der Waals surface area (Å²) in [4.78, 5) is 4.15. The van der Waals surface area contributed by atoms with Crippen molar-refractivity contribution in [3.8, 4) is 0 Å².